The molecule has 1 atom stereocenters. The predicted octanol–water partition coefficient (Wildman–Crippen LogP) is 1.41. The smallest absolute Gasteiger partial charge is 0.0611 e. The van der Waals surface area contributed by atoms with E-state index < -0.39 is 0 Å². The van der Waals surface area contributed by atoms with E-state index in [0.717, 1.165) is 19.6 Å². The lowest BCUT2D eigenvalue weighted by Gasteiger charge is -2.28. The molecule has 0 saturated carbocycles. The van der Waals surface area contributed by atoms with Crippen LogP contribution in [0, 0.1) is 5.92 Å². The van der Waals surface area contributed by atoms with Crippen molar-refractivity contribution in [2.75, 3.05) is 26.4 Å². The van der Waals surface area contributed by atoms with Gasteiger partial charge in [-0.1, -0.05) is 20.8 Å². The standard InChI is InChI=1S/C11H25NO2/c1-5-12-11(4,9-13)6-7-14-8-10(2)3/h10,12-13H,5-9H2,1-4H3. The Morgan fingerprint density at radius 2 is 2.07 bits per heavy atom. The molecule has 14 heavy (non-hydrogen) atoms. The monoisotopic (exact) mass is 203 g/mol. The number of rotatable bonds is 8. The molecule has 0 heterocycles. The van der Waals surface area contributed by atoms with Crippen LogP contribution in [0.15, 0.2) is 0 Å². The molecule has 0 aromatic rings. The molecule has 0 aromatic carbocycles. The molecule has 0 radical (unpaired) electrons. The van der Waals surface area contributed by atoms with E-state index in [1.165, 1.54) is 0 Å². The average molecular weight is 203 g/mol. The van der Waals surface area contributed by atoms with E-state index in [4.69, 9.17) is 4.74 Å². The zero-order valence-electron chi connectivity index (χ0n) is 9.97. The quantitative estimate of drug-likeness (QED) is 0.586. The lowest BCUT2D eigenvalue weighted by Crippen LogP contribution is -2.46. The Kier molecular flexibility index (Phi) is 7.15. The minimum atomic E-state index is -0.189. The number of hydrogen-bond acceptors (Lipinski definition) is 3. The van der Waals surface area contributed by atoms with Crippen LogP contribution in [0.25, 0.3) is 0 Å². The Labute approximate surface area is 87.8 Å². The van der Waals surface area contributed by atoms with Crippen molar-refractivity contribution in [3.05, 3.63) is 0 Å². The Morgan fingerprint density at radius 1 is 1.43 bits per heavy atom. The molecule has 0 aliphatic carbocycles. The molecule has 2 N–H and O–H groups in total. The topological polar surface area (TPSA) is 41.5 Å². The number of likely N-dealkylation sites (N-methyl/N-ethyl adjacent to an activating group) is 1. The molecule has 0 aromatic heterocycles. The van der Waals surface area contributed by atoms with Gasteiger partial charge in [-0.05, 0) is 25.8 Å². The van der Waals surface area contributed by atoms with Gasteiger partial charge in [-0.2, -0.15) is 0 Å². The maximum Gasteiger partial charge on any atom is 0.0611 e. The average Bonchev–Trinajstić information content (AvgIpc) is 2.13. The van der Waals surface area contributed by atoms with Crippen molar-refractivity contribution in [1.82, 2.24) is 5.32 Å². The van der Waals surface area contributed by atoms with Gasteiger partial charge in [-0.15, -0.1) is 0 Å². The molecular weight excluding hydrogens is 178 g/mol. The molecule has 0 bridgehead atoms. The number of aliphatic hydroxyl groups excluding tert-OH is 1. The van der Waals surface area contributed by atoms with Gasteiger partial charge in [0.15, 0.2) is 0 Å². The molecule has 0 aliphatic rings. The molecule has 1 unspecified atom stereocenters. The molecule has 3 heteroatoms. The van der Waals surface area contributed by atoms with E-state index >= 15 is 0 Å². The van der Waals surface area contributed by atoms with E-state index in [1.54, 1.807) is 0 Å². The summed E-state index contributed by atoms with van der Waals surface area (Å²) < 4.78 is 5.49. The highest BCUT2D eigenvalue weighted by Gasteiger charge is 2.21. The SMILES string of the molecule is CCNC(C)(CO)CCOCC(C)C. The summed E-state index contributed by atoms with van der Waals surface area (Å²) in [6.45, 7) is 10.9. The summed E-state index contributed by atoms with van der Waals surface area (Å²) in [6.07, 6.45) is 0.851. The highest BCUT2D eigenvalue weighted by atomic mass is 16.5. The molecule has 0 saturated heterocycles. The number of nitrogens with one attached hydrogen (secondary N) is 1. The largest absolute Gasteiger partial charge is 0.394 e. The van der Waals surface area contributed by atoms with Gasteiger partial charge in [-0.3, -0.25) is 0 Å². The van der Waals surface area contributed by atoms with Gasteiger partial charge in [-0.25, -0.2) is 0 Å². The fourth-order valence-electron chi connectivity index (χ4n) is 1.27. The Balaban J connectivity index is 3.61. The third-order valence-corrected chi connectivity index (χ3v) is 2.20. The first-order chi connectivity index (χ1) is 6.54. The highest BCUT2D eigenvalue weighted by molar-refractivity contribution is 4.81. The lowest BCUT2D eigenvalue weighted by atomic mass is 10.00. The first-order valence-electron chi connectivity index (χ1n) is 5.47. The van der Waals surface area contributed by atoms with Crippen LogP contribution < -0.4 is 5.32 Å². The fraction of sp³-hybridized carbons (Fsp3) is 1.00. The van der Waals surface area contributed by atoms with Crippen molar-refractivity contribution in [3.63, 3.8) is 0 Å². The van der Waals surface area contributed by atoms with Gasteiger partial charge in [0.1, 0.15) is 0 Å². The molecule has 86 valence electrons. The third-order valence-electron chi connectivity index (χ3n) is 2.20. The Hall–Kier alpha value is -0.120. The van der Waals surface area contributed by atoms with Crippen molar-refractivity contribution >= 4 is 0 Å². The summed E-state index contributed by atoms with van der Waals surface area (Å²) in [5.41, 5.74) is -0.189. The second kappa shape index (κ2) is 7.21. The molecular formula is C11H25NO2. The van der Waals surface area contributed by atoms with Crippen LogP contribution in [0.4, 0.5) is 0 Å². The normalized spacial score (nSPS) is 15.9. The second-order valence-corrected chi connectivity index (χ2v) is 4.47. The highest BCUT2D eigenvalue weighted by Crippen LogP contribution is 2.08. The van der Waals surface area contributed by atoms with Crippen molar-refractivity contribution in [2.24, 2.45) is 5.92 Å². The van der Waals surface area contributed by atoms with E-state index in [9.17, 15) is 5.11 Å². The Morgan fingerprint density at radius 3 is 2.50 bits per heavy atom. The van der Waals surface area contributed by atoms with Crippen LogP contribution in [0.5, 0.6) is 0 Å². The molecule has 0 rings (SSSR count). The van der Waals surface area contributed by atoms with Crippen LogP contribution in [-0.4, -0.2) is 37.0 Å². The minimum Gasteiger partial charge on any atom is -0.394 e. The van der Waals surface area contributed by atoms with Gasteiger partial charge in [0, 0.05) is 18.8 Å². The molecule has 0 fully saturated rings. The summed E-state index contributed by atoms with van der Waals surface area (Å²) in [4.78, 5) is 0. The molecule has 0 spiro atoms. The van der Waals surface area contributed by atoms with Crippen LogP contribution in [0.3, 0.4) is 0 Å². The predicted molar refractivity (Wildman–Crippen MR) is 59.4 cm³/mol. The Bertz CT molecular complexity index is 139. The fourth-order valence-corrected chi connectivity index (χ4v) is 1.27. The first kappa shape index (κ1) is 13.9. The molecule has 0 aliphatic heterocycles. The second-order valence-electron chi connectivity index (χ2n) is 4.47. The van der Waals surface area contributed by atoms with Gasteiger partial charge >= 0.3 is 0 Å². The lowest BCUT2D eigenvalue weighted by molar-refractivity contribution is 0.0735. The van der Waals surface area contributed by atoms with Gasteiger partial charge in [0.25, 0.3) is 0 Å². The summed E-state index contributed by atoms with van der Waals surface area (Å²) in [6, 6.07) is 0. The number of hydrogen-bond donors (Lipinski definition) is 2. The maximum absolute atomic E-state index is 9.21. The summed E-state index contributed by atoms with van der Waals surface area (Å²) >= 11 is 0. The molecule has 0 amide bonds. The first-order valence-corrected chi connectivity index (χ1v) is 5.47. The van der Waals surface area contributed by atoms with Crippen molar-refractivity contribution in [1.29, 1.82) is 0 Å². The number of aliphatic hydroxyl groups is 1. The zero-order valence-corrected chi connectivity index (χ0v) is 9.97. The zero-order chi connectivity index (χ0) is 11.0. The van der Waals surface area contributed by atoms with E-state index in [-0.39, 0.29) is 12.1 Å². The van der Waals surface area contributed by atoms with Gasteiger partial charge in [0.05, 0.1) is 6.61 Å². The van der Waals surface area contributed by atoms with Crippen LogP contribution in [0.1, 0.15) is 34.1 Å². The summed E-state index contributed by atoms with van der Waals surface area (Å²) in [5.74, 6) is 0.578. The van der Waals surface area contributed by atoms with E-state index in [0.29, 0.717) is 12.5 Å². The van der Waals surface area contributed by atoms with Crippen LogP contribution in [0.2, 0.25) is 0 Å². The third kappa shape index (κ3) is 6.35. The van der Waals surface area contributed by atoms with Gasteiger partial charge in [0.2, 0.25) is 0 Å². The van der Waals surface area contributed by atoms with Crippen molar-refractivity contribution in [2.45, 2.75) is 39.7 Å². The van der Waals surface area contributed by atoms with E-state index in [2.05, 4.69) is 19.2 Å². The van der Waals surface area contributed by atoms with E-state index in [1.807, 2.05) is 13.8 Å². The summed E-state index contributed by atoms with van der Waals surface area (Å²) in [7, 11) is 0. The van der Waals surface area contributed by atoms with Crippen molar-refractivity contribution in [3.8, 4) is 0 Å². The van der Waals surface area contributed by atoms with Crippen LogP contribution in [-0.2, 0) is 4.74 Å². The van der Waals surface area contributed by atoms with Crippen LogP contribution >= 0.6 is 0 Å². The minimum absolute atomic E-state index is 0.159. The maximum atomic E-state index is 9.21. The molecule has 3 nitrogen and oxygen atoms in total. The van der Waals surface area contributed by atoms with Gasteiger partial charge < -0.3 is 15.2 Å². The number of ether oxygens (including phenoxy) is 1. The van der Waals surface area contributed by atoms with Crippen molar-refractivity contribution < 1.29 is 9.84 Å². The summed E-state index contributed by atoms with van der Waals surface area (Å²) in [5, 5.41) is 12.5.